The molecule has 0 spiro atoms. The summed E-state index contributed by atoms with van der Waals surface area (Å²) in [6.45, 7) is 0. The highest BCUT2D eigenvalue weighted by atomic mass is 16.5. The van der Waals surface area contributed by atoms with E-state index in [2.05, 4.69) is 10.3 Å². The van der Waals surface area contributed by atoms with Crippen LogP contribution in [0.25, 0.3) is 5.69 Å². The Labute approximate surface area is 81.1 Å². The van der Waals surface area contributed by atoms with E-state index in [1.54, 1.807) is 30.3 Å². The largest absolute Gasteiger partial charge is 0.494 e. The Hall–Kier alpha value is -2.04. The molecule has 1 aromatic carbocycles. The van der Waals surface area contributed by atoms with Gasteiger partial charge in [0.25, 0.3) is 0 Å². The summed E-state index contributed by atoms with van der Waals surface area (Å²) >= 11 is 0. The number of ether oxygens (including phenoxy) is 1. The lowest BCUT2D eigenvalue weighted by molar-refractivity contribution is 0.411. The van der Waals surface area contributed by atoms with E-state index >= 15 is 0 Å². The number of para-hydroxylation sites is 1. The molecule has 0 unspecified atom stereocenters. The molecule has 0 aliphatic rings. The normalized spacial score (nSPS) is 10.1. The van der Waals surface area contributed by atoms with E-state index in [4.69, 9.17) is 10.5 Å². The van der Waals surface area contributed by atoms with Gasteiger partial charge in [-0.2, -0.15) is 0 Å². The fourth-order valence-electron chi connectivity index (χ4n) is 1.28. The molecule has 0 radical (unpaired) electrons. The van der Waals surface area contributed by atoms with Crippen LogP contribution in [-0.4, -0.2) is 22.1 Å². The van der Waals surface area contributed by atoms with E-state index in [0.717, 1.165) is 0 Å². The zero-order chi connectivity index (χ0) is 9.97. The first-order valence-electron chi connectivity index (χ1n) is 4.12. The predicted octanol–water partition coefficient (Wildman–Crippen LogP) is 0.858. The van der Waals surface area contributed by atoms with Gasteiger partial charge in [-0.3, -0.25) is 0 Å². The molecule has 72 valence electrons. The van der Waals surface area contributed by atoms with Gasteiger partial charge in [0, 0.05) is 0 Å². The summed E-state index contributed by atoms with van der Waals surface area (Å²) in [5.74, 6) is 0.676. The Morgan fingerprint density at radius 3 is 2.93 bits per heavy atom. The topological polar surface area (TPSA) is 66.0 Å². The lowest BCUT2D eigenvalue weighted by atomic mass is 10.2. The zero-order valence-electron chi connectivity index (χ0n) is 7.71. The maximum absolute atomic E-state index is 5.82. The molecule has 2 rings (SSSR count). The standard InChI is InChI=1S/C9H10N4O/c1-14-8-4-2-3-7(10)9(8)13-6-5-11-12-13/h2-6H,10H2,1H3. The summed E-state index contributed by atoms with van der Waals surface area (Å²) in [5.41, 5.74) is 7.14. The Balaban J connectivity index is 2.61. The van der Waals surface area contributed by atoms with Gasteiger partial charge < -0.3 is 10.5 Å². The molecular weight excluding hydrogens is 180 g/mol. The highest BCUT2D eigenvalue weighted by molar-refractivity contribution is 5.64. The van der Waals surface area contributed by atoms with Gasteiger partial charge in [-0.15, -0.1) is 5.10 Å². The van der Waals surface area contributed by atoms with Crippen LogP contribution in [0.2, 0.25) is 0 Å². The van der Waals surface area contributed by atoms with Crippen molar-refractivity contribution in [2.45, 2.75) is 0 Å². The number of rotatable bonds is 2. The van der Waals surface area contributed by atoms with Crippen LogP contribution < -0.4 is 10.5 Å². The summed E-state index contributed by atoms with van der Waals surface area (Å²) in [5, 5.41) is 7.58. The van der Waals surface area contributed by atoms with Gasteiger partial charge >= 0.3 is 0 Å². The molecule has 0 saturated heterocycles. The first kappa shape index (κ1) is 8.55. The van der Waals surface area contributed by atoms with Crippen LogP contribution in [0.4, 0.5) is 5.69 Å². The lowest BCUT2D eigenvalue weighted by Gasteiger charge is -2.09. The number of nitrogens with two attached hydrogens (primary N) is 1. The maximum atomic E-state index is 5.82. The molecule has 0 fully saturated rings. The van der Waals surface area contributed by atoms with Crippen LogP contribution in [0.15, 0.2) is 30.6 Å². The average Bonchev–Trinajstić information content (AvgIpc) is 2.70. The van der Waals surface area contributed by atoms with E-state index in [1.807, 2.05) is 12.1 Å². The van der Waals surface area contributed by atoms with E-state index in [9.17, 15) is 0 Å². The van der Waals surface area contributed by atoms with Crippen molar-refractivity contribution in [3.63, 3.8) is 0 Å². The molecule has 0 aliphatic heterocycles. The monoisotopic (exact) mass is 190 g/mol. The molecule has 1 aromatic heterocycles. The summed E-state index contributed by atoms with van der Waals surface area (Å²) in [6, 6.07) is 5.45. The second kappa shape index (κ2) is 3.37. The molecule has 0 saturated carbocycles. The SMILES string of the molecule is COc1cccc(N)c1-n1ccnn1. The first-order valence-corrected chi connectivity index (χ1v) is 4.12. The molecule has 1 heterocycles. The van der Waals surface area contributed by atoms with Crippen molar-refractivity contribution >= 4 is 5.69 Å². The molecule has 5 heteroatoms. The highest BCUT2D eigenvalue weighted by Gasteiger charge is 2.08. The molecule has 0 bridgehead atoms. The summed E-state index contributed by atoms with van der Waals surface area (Å²) < 4.78 is 6.76. The Kier molecular flexibility index (Phi) is 2.06. The van der Waals surface area contributed by atoms with E-state index in [1.165, 1.54) is 0 Å². The molecule has 0 amide bonds. The number of methoxy groups -OCH3 is 1. The van der Waals surface area contributed by atoms with E-state index in [-0.39, 0.29) is 0 Å². The molecular formula is C9H10N4O. The van der Waals surface area contributed by atoms with Gasteiger partial charge in [0.05, 0.1) is 25.2 Å². The van der Waals surface area contributed by atoms with Crippen molar-refractivity contribution in [2.24, 2.45) is 0 Å². The molecule has 0 atom stereocenters. The number of hydrogen-bond donors (Lipinski definition) is 1. The number of aromatic nitrogens is 3. The van der Waals surface area contributed by atoms with Crippen molar-refractivity contribution < 1.29 is 4.74 Å². The van der Waals surface area contributed by atoms with Gasteiger partial charge in [0.2, 0.25) is 0 Å². The zero-order valence-corrected chi connectivity index (χ0v) is 7.71. The molecule has 2 N–H and O–H groups in total. The Morgan fingerprint density at radius 1 is 1.43 bits per heavy atom. The van der Waals surface area contributed by atoms with Crippen molar-refractivity contribution in [2.75, 3.05) is 12.8 Å². The van der Waals surface area contributed by atoms with Crippen LogP contribution in [0.3, 0.4) is 0 Å². The highest BCUT2D eigenvalue weighted by Crippen LogP contribution is 2.27. The smallest absolute Gasteiger partial charge is 0.146 e. The third-order valence-corrected chi connectivity index (χ3v) is 1.90. The Bertz CT molecular complexity index is 424. The second-order valence-corrected chi connectivity index (χ2v) is 2.75. The average molecular weight is 190 g/mol. The van der Waals surface area contributed by atoms with Crippen LogP contribution >= 0.6 is 0 Å². The molecule has 5 nitrogen and oxygen atoms in total. The van der Waals surface area contributed by atoms with Crippen LogP contribution in [-0.2, 0) is 0 Å². The van der Waals surface area contributed by atoms with Gasteiger partial charge in [0.15, 0.2) is 0 Å². The van der Waals surface area contributed by atoms with Gasteiger partial charge in [-0.25, -0.2) is 4.68 Å². The molecule has 2 aromatic rings. The Morgan fingerprint density at radius 2 is 2.29 bits per heavy atom. The minimum Gasteiger partial charge on any atom is -0.494 e. The third-order valence-electron chi connectivity index (χ3n) is 1.90. The van der Waals surface area contributed by atoms with E-state index < -0.39 is 0 Å². The number of anilines is 1. The minimum atomic E-state index is 0.606. The number of hydrogen-bond acceptors (Lipinski definition) is 4. The van der Waals surface area contributed by atoms with Crippen LogP contribution in [0.1, 0.15) is 0 Å². The van der Waals surface area contributed by atoms with Gasteiger partial charge in [-0.05, 0) is 12.1 Å². The summed E-state index contributed by atoms with van der Waals surface area (Å²) in [7, 11) is 1.59. The van der Waals surface area contributed by atoms with Gasteiger partial charge in [-0.1, -0.05) is 11.3 Å². The number of nitrogen functional groups attached to an aromatic ring is 1. The fraction of sp³-hybridized carbons (Fsp3) is 0.111. The lowest BCUT2D eigenvalue weighted by Crippen LogP contribution is -2.03. The number of benzene rings is 1. The second-order valence-electron chi connectivity index (χ2n) is 2.75. The fourth-order valence-corrected chi connectivity index (χ4v) is 1.28. The third kappa shape index (κ3) is 1.28. The maximum Gasteiger partial charge on any atom is 0.146 e. The van der Waals surface area contributed by atoms with Crippen LogP contribution in [0.5, 0.6) is 5.75 Å². The first-order chi connectivity index (χ1) is 6.83. The molecule has 14 heavy (non-hydrogen) atoms. The van der Waals surface area contributed by atoms with E-state index in [0.29, 0.717) is 17.1 Å². The quantitative estimate of drug-likeness (QED) is 0.713. The van der Waals surface area contributed by atoms with Crippen molar-refractivity contribution in [1.82, 2.24) is 15.0 Å². The van der Waals surface area contributed by atoms with Crippen LogP contribution in [0, 0.1) is 0 Å². The summed E-state index contributed by atoms with van der Waals surface area (Å²) in [6.07, 6.45) is 3.31. The van der Waals surface area contributed by atoms with Gasteiger partial charge in [0.1, 0.15) is 11.4 Å². The number of nitrogens with zero attached hydrogens (tertiary/aromatic N) is 3. The minimum absolute atomic E-state index is 0.606. The predicted molar refractivity (Wildman–Crippen MR) is 52.3 cm³/mol. The summed E-state index contributed by atoms with van der Waals surface area (Å²) in [4.78, 5) is 0. The van der Waals surface area contributed by atoms with Crippen molar-refractivity contribution in [3.05, 3.63) is 30.6 Å². The van der Waals surface area contributed by atoms with Crippen molar-refractivity contribution in [3.8, 4) is 11.4 Å². The van der Waals surface area contributed by atoms with Crippen molar-refractivity contribution in [1.29, 1.82) is 0 Å². The molecule has 0 aliphatic carbocycles.